The Morgan fingerprint density at radius 3 is 2.68 bits per heavy atom. The maximum atomic E-state index is 11.8. The van der Waals surface area contributed by atoms with Crippen molar-refractivity contribution >= 4 is 10.9 Å². The van der Waals surface area contributed by atoms with Crippen molar-refractivity contribution in [3.63, 3.8) is 0 Å². The van der Waals surface area contributed by atoms with Crippen LogP contribution in [0.1, 0.15) is 23.2 Å². The molecule has 0 aliphatic heterocycles. The first-order chi connectivity index (χ1) is 11.9. The molecule has 0 radical (unpaired) electrons. The van der Waals surface area contributed by atoms with E-state index in [1.807, 2.05) is 61.5 Å². The summed E-state index contributed by atoms with van der Waals surface area (Å²) in [6.07, 6.45) is 2.21. The molecule has 5 heteroatoms. The lowest BCUT2D eigenvalue weighted by Gasteiger charge is -2.30. The maximum absolute atomic E-state index is 11.8. The average molecular weight is 337 g/mol. The molecular weight excluding hydrogens is 314 g/mol. The van der Waals surface area contributed by atoms with Crippen LogP contribution < -0.4 is 5.56 Å². The number of pyridine rings is 2. The zero-order valence-electron chi connectivity index (χ0n) is 14.8. The monoisotopic (exact) mass is 337 g/mol. The number of rotatable bonds is 5. The molecule has 0 aliphatic rings. The highest BCUT2D eigenvalue weighted by molar-refractivity contribution is 5.80. The third-order valence-electron chi connectivity index (χ3n) is 4.52. The Morgan fingerprint density at radius 2 is 2.00 bits per heavy atom. The van der Waals surface area contributed by atoms with Crippen molar-refractivity contribution < 1.29 is 5.11 Å². The number of benzene rings is 1. The molecule has 0 saturated carbocycles. The van der Waals surface area contributed by atoms with Gasteiger partial charge in [-0.15, -0.1) is 0 Å². The predicted molar refractivity (Wildman–Crippen MR) is 99.7 cm³/mol. The Hall–Kier alpha value is -2.50. The van der Waals surface area contributed by atoms with E-state index in [2.05, 4.69) is 9.97 Å². The molecule has 1 aromatic carbocycles. The molecule has 0 aliphatic carbocycles. The number of aliphatic hydroxyl groups is 1. The molecule has 0 amide bonds. The molecule has 2 N–H and O–H groups in total. The van der Waals surface area contributed by atoms with Crippen LogP contribution in [0.15, 0.2) is 53.5 Å². The summed E-state index contributed by atoms with van der Waals surface area (Å²) in [5.41, 5.74) is 1.52. The van der Waals surface area contributed by atoms with Gasteiger partial charge in [0.1, 0.15) is 5.60 Å². The largest absolute Gasteiger partial charge is 0.379 e. The second-order valence-electron chi connectivity index (χ2n) is 6.71. The van der Waals surface area contributed by atoms with Gasteiger partial charge in [0, 0.05) is 23.8 Å². The Kier molecular flexibility index (Phi) is 4.70. The molecule has 3 aromatic rings. The summed E-state index contributed by atoms with van der Waals surface area (Å²) in [7, 11) is 3.96. The first-order valence-corrected chi connectivity index (χ1v) is 8.33. The third kappa shape index (κ3) is 3.48. The maximum Gasteiger partial charge on any atom is 0.251 e. The molecule has 130 valence electrons. The summed E-state index contributed by atoms with van der Waals surface area (Å²) in [4.78, 5) is 21.1. The standard InChI is InChI=1S/C20H23N3O2/c1-14-12-15-13-16(7-8-17(15)22-19(14)24)20(25,9-11-23(2)3)18-6-4-5-10-21-18/h4-8,10,12-13,25H,9,11H2,1-3H3,(H,22,24). The van der Waals surface area contributed by atoms with Gasteiger partial charge in [-0.1, -0.05) is 12.1 Å². The van der Waals surface area contributed by atoms with Crippen molar-refractivity contribution in [3.05, 3.63) is 75.8 Å². The summed E-state index contributed by atoms with van der Waals surface area (Å²) < 4.78 is 0. The fraction of sp³-hybridized carbons (Fsp3) is 0.300. The van der Waals surface area contributed by atoms with Crippen LogP contribution in [0.3, 0.4) is 0 Å². The second-order valence-corrected chi connectivity index (χ2v) is 6.71. The second kappa shape index (κ2) is 6.78. The van der Waals surface area contributed by atoms with Crippen molar-refractivity contribution in [3.8, 4) is 0 Å². The molecule has 0 saturated heterocycles. The number of H-pyrrole nitrogens is 1. The van der Waals surface area contributed by atoms with Gasteiger partial charge in [-0.2, -0.15) is 0 Å². The highest BCUT2D eigenvalue weighted by Crippen LogP contribution is 2.33. The Morgan fingerprint density at radius 1 is 1.20 bits per heavy atom. The SMILES string of the molecule is Cc1cc2cc(C(O)(CCN(C)C)c3ccccn3)ccc2[nH]c1=O. The van der Waals surface area contributed by atoms with Crippen LogP contribution in [0.2, 0.25) is 0 Å². The molecule has 0 spiro atoms. The molecule has 3 rings (SSSR count). The number of aromatic amines is 1. The minimum absolute atomic E-state index is 0.0900. The minimum Gasteiger partial charge on any atom is -0.379 e. The van der Waals surface area contributed by atoms with Gasteiger partial charge in [0.15, 0.2) is 0 Å². The normalized spacial score (nSPS) is 14.0. The van der Waals surface area contributed by atoms with E-state index in [0.717, 1.165) is 23.0 Å². The summed E-state index contributed by atoms with van der Waals surface area (Å²) in [5.74, 6) is 0. The van der Waals surface area contributed by atoms with E-state index in [1.54, 1.807) is 13.1 Å². The van der Waals surface area contributed by atoms with Crippen molar-refractivity contribution in [1.82, 2.24) is 14.9 Å². The van der Waals surface area contributed by atoms with Crippen LogP contribution in [-0.4, -0.2) is 40.6 Å². The van der Waals surface area contributed by atoms with Gasteiger partial charge in [-0.3, -0.25) is 9.78 Å². The molecule has 0 fully saturated rings. The summed E-state index contributed by atoms with van der Waals surface area (Å²) in [5, 5.41) is 12.4. The molecule has 25 heavy (non-hydrogen) atoms. The van der Waals surface area contributed by atoms with Crippen LogP contribution in [0.25, 0.3) is 10.9 Å². The molecule has 0 bridgehead atoms. The van der Waals surface area contributed by atoms with Crippen molar-refractivity contribution in [2.45, 2.75) is 18.9 Å². The minimum atomic E-state index is -1.19. The first kappa shape index (κ1) is 17.3. The molecule has 2 heterocycles. The summed E-state index contributed by atoms with van der Waals surface area (Å²) >= 11 is 0. The van der Waals surface area contributed by atoms with Crippen LogP contribution in [0.4, 0.5) is 0 Å². The Bertz CT molecular complexity index is 935. The van der Waals surface area contributed by atoms with Crippen LogP contribution >= 0.6 is 0 Å². The number of aromatic nitrogens is 2. The number of aryl methyl sites for hydroxylation is 1. The van der Waals surface area contributed by atoms with E-state index < -0.39 is 5.60 Å². The van der Waals surface area contributed by atoms with E-state index in [-0.39, 0.29) is 5.56 Å². The number of nitrogens with zero attached hydrogens (tertiary/aromatic N) is 2. The first-order valence-electron chi connectivity index (χ1n) is 8.33. The van der Waals surface area contributed by atoms with Crippen LogP contribution in [0, 0.1) is 6.92 Å². The number of nitrogens with one attached hydrogen (secondary N) is 1. The topological polar surface area (TPSA) is 69.2 Å². The Labute approximate surface area is 147 Å². The highest BCUT2D eigenvalue weighted by Gasteiger charge is 2.33. The van der Waals surface area contributed by atoms with Gasteiger partial charge in [-0.05, 0) is 68.7 Å². The molecule has 2 aromatic heterocycles. The summed E-state index contributed by atoms with van der Waals surface area (Å²) in [6, 6.07) is 13.0. The zero-order valence-corrected chi connectivity index (χ0v) is 14.8. The lowest BCUT2D eigenvalue weighted by molar-refractivity contribution is 0.0587. The zero-order chi connectivity index (χ0) is 18.0. The lowest BCUT2D eigenvalue weighted by atomic mass is 9.85. The molecular formula is C20H23N3O2. The van der Waals surface area contributed by atoms with Crippen molar-refractivity contribution in [2.24, 2.45) is 0 Å². The van der Waals surface area contributed by atoms with E-state index in [1.165, 1.54) is 0 Å². The van der Waals surface area contributed by atoms with Gasteiger partial charge >= 0.3 is 0 Å². The number of hydrogen-bond acceptors (Lipinski definition) is 4. The van der Waals surface area contributed by atoms with E-state index in [4.69, 9.17) is 0 Å². The highest BCUT2D eigenvalue weighted by atomic mass is 16.3. The summed E-state index contributed by atoms with van der Waals surface area (Å²) in [6.45, 7) is 2.50. The molecule has 1 atom stereocenters. The van der Waals surface area contributed by atoms with Crippen LogP contribution in [-0.2, 0) is 5.60 Å². The predicted octanol–water partition coefficient (Wildman–Crippen LogP) is 2.42. The van der Waals surface area contributed by atoms with Gasteiger partial charge in [0.05, 0.1) is 5.69 Å². The van der Waals surface area contributed by atoms with Gasteiger partial charge in [-0.25, -0.2) is 0 Å². The average Bonchev–Trinajstić information content (AvgIpc) is 2.61. The molecule has 1 unspecified atom stereocenters. The smallest absolute Gasteiger partial charge is 0.251 e. The van der Waals surface area contributed by atoms with Crippen molar-refractivity contribution in [2.75, 3.05) is 20.6 Å². The quantitative estimate of drug-likeness (QED) is 0.750. The lowest BCUT2D eigenvalue weighted by Crippen LogP contribution is -2.32. The van der Waals surface area contributed by atoms with Gasteiger partial charge in [0.25, 0.3) is 5.56 Å². The Balaban J connectivity index is 2.14. The fourth-order valence-corrected chi connectivity index (χ4v) is 2.99. The van der Waals surface area contributed by atoms with E-state index >= 15 is 0 Å². The van der Waals surface area contributed by atoms with Gasteiger partial charge < -0.3 is 15.0 Å². The molecule has 5 nitrogen and oxygen atoms in total. The fourth-order valence-electron chi connectivity index (χ4n) is 2.99. The van der Waals surface area contributed by atoms with E-state index in [9.17, 15) is 9.90 Å². The van der Waals surface area contributed by atoms with E-state index in [0.29, 0.717) is 17.7 Å². The number of hydrogen-bond donors (Lipinski definition) is 2. The third-order valence-corrected chi connectivity index (χ3v) is 4.52. The van der Waals surface area contributed by atoms with Gasteiger partial charge in [0.2, 0.25) is 0 Å². The number of fused-ring (bicyclic) bond motifs is 1. The van der Waals surface area contributed by atoms with Crippen molar-refractivity contribution in [1.29, 1.82) is 0 Å². The van der Waals surface area contributed by atoms with Crippen LogP contribution in [0.5, 0.6) is 0 Å².